The van der Waals surface area contributed by atoms with Gasteiger partial charge in [0.05, 0.1) is 0 Å². The first-order valence-electron chi connectivity index (χ1n) is 9.85. The number of carbonyl (C=O) groups excluding carboxylic acids is 1. The minimum atomic E-state index is -0.0667. The van der Waals surface area contributed by atoms with Gasteiger partial charge in [0.1, 0.15) is 17.0 Å². The average molecular weight is 375 g/mol. The Morgan fingerprint density at radius 3 is 2.36 bits per heavy atom. The van der Waals surface area contributed by atoms with Gasteiger partial charge >= 0.3 is 0 Å². The summed E-state index contributed by atoms with van der Waals surface area (Å²) in [6, 6.07) is 19.6. The van der Waals surface area contributed by atoms with E-state index in [2.05, 4.69) is 10.1 Å². The Labute approximate surface area is 165 Å². The lowest BCUT2D eigenvalue weighted by Crippen LogP contribution is -2.38. The lowest BCUT2D eigenvalue weighted by atomic mass is 10.0. The van der Waals surface area contributed by atoms with Crippen molar-refractivity contribution >= 4 is 11.6 Å². The Kier molecular flexibility index (Phi) is 5.53. The second-order valence-corrected chi connectivity index (χ2v) is 7.17. The van der Waals surface area contributed by atoms with Crippen molar-refractivity contribution in [2.75, 3.05) is 31.1 Å². The first kappa shape index (κ1) is 18.4. The van der Waals surface area contributed by atoms with Gasteiger partial charge in [-0.1, -0.05) is 53.7 Å². The summed E-state index contributed by atoms with van der Waals surface area (Å²) in [7, 11) is 0. The van der Waals surface area contributed by atoms with Crippen molar-refractivity contribution < 1.29 is 9.32 Å². The summed E-state index contributed by atoms with van der Waals surface area (Å²) >= 11 is 0. The van der Waals surface area contributed by atoms with Crippen molar-refractivity contribution in [3.8, 4) is 11.3 Å². The molecule has 3 aromatic rings. The van der Waals surface area contributed by atoms with Gasteiger partial charge in [-0.25, -0.2) is 0 Å². The minimum Gasteiger partial charge on any atom is -0.360 e. The van der Waals surface area contributed by atoms with Gasteiger partial charge in [0.25, 0.3) is 5.91 Å². The van der Waals surface area contributed by atoms with Gasteiger partial charge in [0.15, 0.2) is 0 Å². The van der Waals surface area contributed by atoms with Crippen LogP contribution >= 0.6 is 0 Å². The normalized spacial score (nSPS) is 14.3. The van der Waals surface area contributed by atoms with Gasteiger partial charge in [-0.05, 0) is 45.0 Å². The summed E-state index contributed by atoms with van der Waals surface area (Å²) in [5, 5.41) is 4.19. The van der Waals surface area contributed by atoms with E-state index >= 15 is 0 Å². The van der Waals surface area contributed by atoms with Gasteiger partial charge in [-0.3, -0.25) is 4.79 Å². The molecule has 1 fully saturated rings. The number of hydrogen-bond acceptors (Lipinski definition) is 4. The highest BCUT2D eigenvalue weighted by Gasteiger charge is 2.27. The van der Waals surface area contributed by atoms with Crippen LogP contribution in [0.4, 0.5) is 5.69 Å². The standard InChI is InChI=1S/C23H25N3O2/c1-18-21(22(24-28-18)19-10-4-2-5-11-19)23(27)26(20-12-6-3-7-13-20)17-16-25-14-8-9-15-25/h2-7,10-13H,8-9,14-17H2,1H3. The van der Waals surface area contributed by atoms with E-state index in [1.807, 2.05) is 65.6 Å². The molecule has 5 heteroatoms. The van der Waals surface area contributed by atoms with E-state index in [1.54, 1.807) is 6.92 Å². The quantitative estimate of drug-likeness (QED) is 0.641. The number of anilines is 1. The number of likely N-dealkylation sites (tertiary alicyclic amines) is 1. The monoisotopic (exact) mass is 375 g/mol. The molecule has 2 aromatic carbocycles. The number of rotatable bonds is 6. The van der Waals surface area contributed by atoms with E-state index in [4.69, 9.17) is 4.52 Å². The highest BCUT2D eigenvalue weighted by molar-refractivity contribution is 6.10. The smallest absolute Gasteiger partial charge is 0.264 e. The first-order chi connectivity index (χ1) is 13.7. The molecule has 1 aliphatic rings. The Bertz CT molecular complexity index is 916. The molecule has 0 bridgehead atoms. The summed E-state index contributed by atoms with van der Waals surface area (Å²) < 4.78 is 5.43. The van der Waals surface area contributed by atoms with Crippen LogP contribution < -0.4 is 4.90 Å². The third-order valence-electron chi connectivity index (χ3n) is 5.28. The zero-order valence-electron chi connectivity index (χ0n) is 16.2. The number of aryl methyl sites for hydroxylation is 1. The van der Waals surface area contributed by atoms with Gasteiger partial charge in [0, 0.05) is 24.3 Å². The molecule has 1 amide bonds. The molecule has 1 aliphatic heterocycles. The van der Waals surface area contributed by atoms with Crippen LogP contribution in [0.3, 0.4) is 0 Å². The van der Waals surface area contributed by atoms with E-state index in [-0.39, 0.29) is 5.91 Å². The molecule has 0 spiro atoms. The molecule has 0 atom stereocenters. The maximum Gasteiger partial charge on any atom is 0.264 e. The van der Waals surface area contributed by atoms with Crippen LogP contribution in [-0.4, -0.2) is 42.1 Å². The Morgan fingerprint density at radius 1 is 1.04 bits per heavy atom. The fourth-order valence-corrected chi connectivity index (χ4v) is 3.76. The van der Waals surface area contributed by atoms with E-state index in [0.29, 0.717) is 23.6 Å². The molecule has 2 heterocycles. The van der Waals surface area contributed by atoms with Crippen molar-refractivity contribution in [2.45, 2.75) is 19.8 Å². The van der Waals surface area contributed by atoms with Gasteiger partial charge in [-0.15, -0.1) is 0 Å². The summed E-state index contributed by atoms with van der Waals surface area (Å²) in [6.07, 6.45) is 2.48. The van der Waals surface area contributed by atoms with Crippen LogP contribution in [0, 0.1) is 6.92 Å². The van der Waals surface area contributed by atoms with Crippen LogP contribution in [0.15, 0.2) is 65.2 Å². The molecule has 5 nitrogen and oxygen atoms in total. The molecule has 0 radical (unpaired) electrons. The van der Waals surface area contributed by atoms with Crippen molar-refractivity contribution in [3.63, 3.8) is 0 Å². The van der Waals surface area contributed by atoms with Crippen molar-refractivity contribution in [2.24, 2.45) is 0 Å². The van der Waals surface area contributed by atoms with Crippen molar-refractivity contribution in [1.82, 2.24) is 10.1 Å². The highest BCUT2D eigenvalue weighted by atomic mass is 16.5. The molecular formula is C23H25N3O2. The molecule has 1 aromatic heterocycles. The zero-order chi connectivity index (χ0) is 19.3. The highest BCUT2D eigenvalue weighted by Crippen LogP contribution is 2.28. The Balaban J connectivity index is 1.66. The largest absolute Gasteiger partial charge is 0.360 e. The predicted molar refractivity (Wildman–Crippen MR) is 110 cm³/mol. The van der Waals surface area contributed by atoms with Crippen molar-refractivity contribution in [3.05, 3.63) is 72.0 Å². The summed E-state index contributed by atoms with van der Waals surface area (Å²) in [5.41, 5.74) is 2.92. The Morgan fingerprint density at radius 2 is 1.68 bits per heavy atom. The minimum absolute atomic E-state index is 0.0667. The average Bonchev–Trinajstić information content (AvgIpc) is 3.39. The van der Waals surface area contributed by atoms with Crippen LogP contribution in [0.2, 0.25) is 0 Å². The third kappa shape index (κ3) is 3.85. The zero-order valence-corrected chi connectivity index (χ0v) is 16.2. The second kappa shape index (κ2) is 8.40. The van der Waals surface area contributed by atoms with E-state index < -0.39 is 0 Å². The van der Waals surface area contributed by atoms with E-state index in [0.717, 1.165) is 30.9 Å². The van der Waals surface area contributed by atoms with Gasteiger partial charge < -0.3 is 14.3 Å². The number of para-hydroxylation sites is 1. The number of benzene rings is 2. The summed E-state index contributed by atoms with van der Waals surface area (Å²) in [4.78, 5) is 17.9. The predicted octanol–water partition coefficient (Wildman–Crippen LogP) is 4.39. The Hall–Kier alpha value is -2.92. The van der Waals surface area contributed by atoms with Crippen LogP contribution in [0.5, 0.6) is 0 Å². The van der Waals surface area contributed by atoms with Gasteiger partial charge in [0.2, 0.25) is 0 Å². The molecule has 144 valence electrons. The number of nitrogens with zero attached hydrogens (tertiary/aromatic N) is 3. The van der Waals surface area contributed by atoms with Gasteiger partial charge in [-0.2, -0.15) is 0 Å². The SMILES string of the molecule is Cc1onc(-c2ccccc2)c1C(=O)N(CCN1CCCC1)c1ccccc1. The second-order valence-electron chi connectivity index (χ2n) is 7.17. The summed E-state index contributed by atoms with van der Waals surface area (Å²) in [6.45, 7) is 5.53. The molecule has 28 heavy (non-hydrogen) atoms. The molecule has 0 unspecified atom stereocenters. The number of amides is 1. The fourth-order valence-electron chi connectivity index (χ4n) is 3.76. The topological polar surface area (TPSA) is 49.6 Å². The number of aromatic nitrogens is 1. The lowest BCUT2D eigenvalue weighted by Gasteiger charge is -2.25. The molecule has 1 saturated heterocycles. The van der Waals surface area contributed by atoms with Crippen LogP contribution in [0.25, 0.3) is 11.3 Å². The number of hydrogen-bond donors (Lipinski definition) is 0. The molecular weight excluding hydrogens is 350 g/mol. The molecule has 0 N–H and O–H groups in total. The maximum atomic E-state index is 13.6. The van der Waals surface area contributed by atoms with E-state index in [9.17, 15) is 4.79 Å². The van der Waals surface area contributed by atoms with Crippen LogP contribution in [0.1, 0.15) is 29.0 Å². The first-order valence-corrected chi connectivity index (χ1v) is 9.85. The van der Waals surface area contributed by atoms with E-state index in [1.165, 1.54) is 12.8 Å². The lowest BCUT2D eigenvalue weighted by molar-refractivity contribution is 0.0983. The number of carbonyl (C=O) groups is 1. The third-order valence-corrected chi connectivity index (χ3v) is 5.28. The molecule has 0 aliphatic carbocycles. The molecule has 4 rings (SSSR count). The molecule has 0 saturated carbocycles. The van der Waals surface area contributed by atoms with Crippen LogP contribution in [-0.2, 0) is 0 Å². The summed E-state index contributed by atoms with van der Waals surface area (Å²) in [5.74, 6) is 0.481. The maximum absolute atomic E-state index is 13.6. The van der Waals surface area contributed by atoms with Crippen molar-refractivity contribution in [1.29, 1.82) is 0 Å². The fraction of sp³-hybridized carbons (Fsp3) is 0.304.